The average Bonchev–Trinajstić information content (AvgIpc) is 3.57. The molecule has 1 fully saturated rings. The Bertz CT molecular complexity index is 1170. The molecule has 0 amide bonds. The van der Waals surface area contributed by atoms with Gasteiger partial charge in [0.05, 0.1) is 38.0 Å². The topological polar surface area (TPSA) is 103 Å². The Morgan fingerprint density at radius 2 is 2.10 bits per heavy atom. The number of aromatic nitrogens is 4. The van der Waals surface area contributed by atoms with Crippen LogP contribution in [0.5, 0.6) is 11.6 Å². The summed E-state index contributed by atoms with van der Waals surface area (Å²) in [5.41, 5.74) is 2.38. The smallest absolute Gasteiger partial charge is 0.250 e. The quantitative estimate of drug-likeness (QED) is 0.555. The summed E-state index contributed by atoms with van der Waals surface area (Å²) < 4.78 is 12.8. The number of methoxy groups -OCH3 is 1. The van der Waals surface area contributed by atoms with Gasteiger partial charge in [-0.3, -0.25) is 9.78 Å². The maximum atomic E-state index is 12.1. The van der Waals surface area contributed by atoms with Crippen molar-refractivity contribution in [1.29, 1.82) is 5.26 Å². The summed E-state index contributed by atoms with van der Waals surface area (Å²) in [6.07, 6.45) is 6.44. The summed E-state index contributed by atoms with van der Waals surface area (Å²) >= 11 is 0. The second-order valence-electron chi connectivity index (χ2n) is 7.53. The fourth-order valence-corrected chi connectivity index (χ4v) is 3.50. The van der Waals surface area contributed by atoms with Crippen LogP contribution in [-0.2, 0) is 6.54 Å². The van der Waals surface area contributed by atoms with Gasteiger partial charge >= 0.3 is 0 Å². The zero-order chi connectivity index (χ0) is 21.8. The first-order valence-corrected chi connectivity index (χ1v) is 10.1. The molecule has 0 bridgehead atoms. The van der Waals surface area contributed by atoms with E-state index in [1.54, 1.807) is 31.8 Å². The lowest BCUT2D eigenvalue weighted by atomic mass is 10.1. The molecule has 0 aromatic carbocycles. The number of nitrogens with zero attached hydrogens (tertiary/aromatic N) is 5. The van der Waals surface area contributed by atoms with Crippen molar-refractivity contribution in [2.24, 2.45) is 5.92 Å². The van der Waals surface area contributed by atoms with E-state index in [-0.39, 0.29) is 12.0 Å². The number of aryl methyl sites for hydroxylation is 2. The predicted octanol–water partition coefficient (Wildman–Crippen LogP) is 3.11. The molecular formula is C23H23N5O3. The van der Waals surface area contributed by atoms with Gasteiger partial charge in [-0.25, -0.2) is 4.98 Å². The van der Waals surface area contributed by atoms with Crippen LogP contribution in [0, 0.1) is 24.2 Å². The van der Waals surface area contributed by atoms with Gasteiger partial charge in [-0.05, 0) is 31.5 Å². The fraction of sp³-hybridized carbons (Fsp3) is 0.348. The van der Waals surface area contributed by atoms with E-state index in [0.717, 1.165) is 29.0 Å². The third-order valence-corrected chi connectivity index (χ3v) is 5.36. The van der Waals surface area contributed by atoms with Crippen LogP contribution in [0.25, 0.3) is 11.1 Å². The third-order valence-electron chi connectivity index (χ3n) is 5.36. The molecule has 1 saturated carbocycles. The van der Waals surface area contributed by atoms with E-state index in [9.17, 15) is 4.79 Å². The molecule has 1 unspecified atom stereocenters. The summed E-state index contributed by atoms with van der Waals surface area (Å²) in [6.45, 7) is 2.67. The molecule has 0 N–H and O–H groups in total. The van der Waals surface area contributed by atoms with Gasteiger partial charge in [0.15, 0.2) is 0 Å². The fourth-order valence-electron chi connectivity index (χ4n) is 3.50. The first-order valence-electron chi connectivity index (χ1n) is 10.1. The van der Waals surface area contributed by atoms with E-state index in [1.165, 1.54) is 10.6 Å². The maximum absolute atomic E-state index is 12.1. The Balaban J connectivity index is 1.49. The Labute approximate surface area is 180 Å². The highest BCUT2D eigenvalue weighted by Gasteiger charge is 2.40. The van der Waals surface area contributed by atoms with E-state index < -0.39 is 0 Å². The zero-order valence-corrected chi connectivity index (χ0v) is 17.5. The maximum Gasteiger partial charge on any atom is 0.250 e. The van der Waals surface area contributed by atoms with E-state index in [2.05, 4.69) is 21.0 Å². The largest absolute Gasteiger partial charge is 0.495 e. The van der Waals surface area contributed by atoms with Crippen molar-refractivity contribution in [3.8, 4) is 28.8 Å². The lowest BCUT2D eigenvalue weighted by Gasteiger charge is -2.12. The van der Waals surface area contributed by atoms with Gasteiger partial charge in [-0.1, -0.05) is 0 Å². The van der Waals surface area contributed by atoms with Crippen molar-refractivity contribution in [2.45, 2.75) is 32.2 Å². The Hall–Kier alpha value is -3.73. The molecular weight excluding hydrogens is 394 g/mol. The van der Waals surface area contributed by atoms with Crippen molar-refractivity contribution in [1.82, 2.24) is 19.5 Å². The monoisotopic (exact) mass is 417 g/mol. The van der Waals surface area contributed by atoms with Crippen LogP contribution >= 0.6 is 0 Å². The van der Waals surface area contributed by atoms with Gasteiger partial charge in [-0.2, -0.15) is 10.2 Å². The van der Waals surface area contributed by atoms with Gasteiger partial charge in [0.25, 0.3) is 5.56 Å². The summed E-state index contributed by atoms with van der Waals surface area (Å²) in [5, 5.41) is 8.82. The highest BCUT2D eigenvalue weighted by Crippen LogP contribution is 2.47. The lowest BCUT2D eigenvalue weighted by molar-refractivity contribution is 0.285. The number of nitriles is 1. The van der Waals surface area contributed by atoms with Gasteiger partial charge in [0, 0.05) is 48.1 Å². The lowest BCUT2D eigenvalue weighted by Crippen LogP contribution is -2.18. The van der Waals surface area contributed by atoms with Crippen LogP contribution < -0.4 is 15.0 Å². The van der Waals surface area contributed by atoms with Crippen LogP contribution in [0.3, 0.4) is 0 Å². The minimum atomic E-state index is -0.151. The second-order valence-corrected chi connectivity index (χ2v) is 7.53. The summed E-state index contributed by atoms with van der Waals surface area (Å²) in [5.74, 6) is 2.58. The van der Waals surface area contributed by atoms with Crippen LogP contribution in [0.1, 0.15) is 30.3 Å². The van der Waals surface area contributed by atoms with E-state index in [0.29, 0.717) is 36.7 Å². The van der Waals surface area contributed by atoms with E-state index in [4.69, 9.17) is 14.7 Å². The third kappa shape index (κ3) is 4.72. The van der Waals surface area contributed by atoms with Gasteiger partial charge < -0.3 is 14.0 Å². The van der Waals surface area contributed by atoms with Crippen molar-refractivity contribution in [2.75, 3.05) is 13.7 Å². The molecule has 158 valence electrons. The molecule has 4 rings (SSSR count). The summed E-state index contributed by atoms with van der Waals surface area (Å²) in [7, 11) is 1.63. The highest BCUT2D eigenvalue weighted by atomic mass is 16.5. The average molecular weight is 417 g/mol. The van der Waals surface area contributed by atoms with Crippen LogP contribution in [0.15, 0.2) is 47.7 Å². The molecule has 0 spiro atoms. The van der Waals surface area contributed by atoms with Crippen molar-refractivity contribution in [3.63, 3.8) is 0 Å². The number of hydrogen-bond acceptors (Lipinski definition) is 7. The molecule has 3 heterocycles. The standard InChI is InChI=1S/C23H23N5O3/c1-15-25-12-20(16-4-7-22(29)28(13-16)9-3-8-24)23(27-15)31-14-17-10-19(17)21-6-5-18(30-2)11-26-21/h4-7,11-13,17,19H,3,9-10,14H2,1-2H3/t17?,19-/m1/s1. The minimum Gasteiger partial charge on any atom is -0.495 e. The van der Waals surface area contributed by atoms with Crippen molar-refractivity contribution < 1.29 is 9.47 Å². The molecule has 31 heavy (non-hydrogen) atoms. The molecule has 0 saturated heterocycles. The number of ether oxygens (including phenoxy) is 2. The summed E-state index contributed by atoms with van der Waals surface area (Å²) in [4.78, 5) is 25.3. The van der Waals surface area contributed by atoms with Crippen molar-refractivity contribution >= 4 is 0 Å². The molecule has 2 atom stereocenters. The first kappa shape index (κ1) is 20.5. The molecule has 8 nitrogen and oxygen atoms in total. The minimum absolute atomic E-state index is 0.151. The molecule has 8 heteroatoms. The zero-order valence-electron chi connectivity index (χ0n) is 17.5. The number of pyridine rings is 2. The van der Waals surface area contributed by atoms with E-state index >= 15 is 0 Å². The van der Waals surface area contributed by atoms with Gasteiger partial charge in [0.2, 0.25) is 5.88 Å². The molecule has 0 aliphatic heterocycles. The van der Waals surface area contributed by atoms with Gasteiger partial charge in [-0.15, -0.1) is 0 Å². The first-order chi connectivity index (χ1) is 15.1. The van der Waals surface area contributed by atoms with E-state index in [1.807, 2.05) is 19.1 Å². The molecule has 1 aliphatic rings. The number of rotatable bonds is 8. The SMILES string of the molecule is COc1ccc([C@@H]2CC2COc2nc(C)ncc2-c2ccc(=O)n(CCC#N)c2)nc1. The Kier molecular flexibility index (Phi) is 5.94. The molecule has 1 aliphatic carbocycles. The molecule has 3 aromatic heterocycles. The van der Waals surface area contributed by atoms with Crippen molar-refractivity contribution in [3.05, 3.63) is 64.7 Å². The van der Waals surface area contributed by atoms with Crippen LogP contribution in [0.2, 0.25) is 0 Å². The molecule has 0 radical (unpaired) electrons. The second kappa shape index (κ2) is 8.96. The van der Waals surface area contributed by atoms with Crippen LogP contribution in [-0.4, -0.2) is 33.2 Å². The molecule has 3 aromatic rings. The normalized spacial score (nSPS) is 17.1. The predicted molar refractivity (Wildman–Crippen MR) is 114 cm³/mol. The number of hydrogen-bond donors (Lipinski definition) is 0. The van der Waals surface area contributed by atoms with Crippen LogP contribution in [0.4, 0.5) is 0 Å². The highest BCUT2D eigenvalue weighted by molar-refractivity contribution is 5.66. The Morgan fingerprint density at radius 3 is 2.84 bits per heavy atom. The van der Waals surface area contributed by atoms with Gasteiger partial charge in [0.1, 0.15) is 11.6 Å². The summed E-state index contributed by atoms with van der Waals surface area (Å²) in [6, 6.07) is 9.20. The Morgan fingerprint density at radius 1 is 1.23 bits per heavy atom.